The lowest BCUT2D eigenvalue weighted by atomic mass is 10.1. The van der Waals surface area contributed by atoms with Gasteiger partial charge in [0.15, 0.2) is 5.11 Å². The normalized spacial score (nSPS) is 9.71. The van der Waals surface area contributed by atoms with E-state index in [2.05, 4.69) is 10.6 Å². The largest absolute Gasteiger partial charge is 0.332 e. The van der Waals surface area contributed by atoms with Crippen molar-refractivity contribution in [2.75, 3.05) is 5.32 Å². The first kappa shape index (κ1) is 14.6. The minimum atomic E-state index is -0.629. The van der Waals surface area contributed by atoms with E-state index < -0.39 is 10.8 Å². The number of nitro benzene ring substituents is 1. The molecule has 0 unspecified atom stereocenters. The lowest BCUT2D eigenvalue weighted by Crippen LogP contribution is -2.34. The van der Waals surface area contributed by atoms with E-state index in [9.17, 15) is 14.9 Å². The molecule has 2 rings (SSSR count). The quantitative estimate of drug-likeness (QED) is 0.517. The second-order valence-corrected chi connectivity index (χ2v) is 4.46. The highest BCUT2D eigenvalue weighted by Gasteiger charge is 2.19. The number of carbonyl (C=O) groups is 1. The summed E-state index contributed by atoms with van der Waals surface area (Å²) in [6.45, 7) is 0. The van der Waals surface area contributed by atoms with Crippen molar-refractivity contribution in [3.8, 4) is 0 Å². The van der Waals surface area contributed by atoms with E-state index in [1.807, 2.05) is 18.2 Å². The summed E-state index contributed by atoms with van der Waals surface area (Å²) in [5.41, 5.74) is 0.405. The van der Waals surface area contributed by atoms with Crippen molar-refractivity contribution >= 4 is 34.6 Å². The van der Waals surface area contributed by atoms with Gasteiger partial charge in [-0.15, -0.1) is 0 Å². The smallest absolute Gasteiger partial charge is 0.282 e. The van der Waals surface area contributed by atoms with Gasteiger partial charge in [-0.2, -0.15) is 0 Å². The Morgan fingerprint density at radius 2 is 1.67 bits per heavy atom. The maximum atomic E-state index is 12.0. The van der Waals surface area contributed by atoms with Crippen LogP contribution in [0.1, 0.15) is 10.4 Å². The minimum absolute atomic E-state index is 0.0419. The van der Waals surface area contributed by atoms with Crippen molar-refractivity contribution in [1.82, 2.24) is 5.32 Å². The third kappa shape index (κ3) is 3.83. The standard InChI is InChI=1S/C14H11N3O3S/c18-13(11-8-4-5-9-12(11)17(19)20)16-14(21)15-10-6-2-1-3-7-10/h1-9H,(H2,15,16,18,21). The number of hydrogen-bond donors (Lipinski definition) is 2. The van der Waals surface area contributed by atoms with E-state index >= 15 is 0 Å². The Balaban J connectivity index is 2.08. The third-order valence-electron chi connectivity index (χ3n) is 2.60. The average Bonchev–Trinajstić information content (AvgIpc) is 2.48. The number of amides is 1. The first-order chi connectivity index (χ1) is 10.1. The predicted molar refractivity (Wildman–Crippen MR) is 83.2 cm³/mol. The van der Waals surface area contributed by atoms with Crippen LogP contribution in [-0.4, -0.2) is 15.9 Å². The average molecular weight is 301 g/mol. The zero-order valence-corrected chi connectivity index (χ0v) is 11.6. The summed E-state index contributed by atoms with van der Waals surface area (Å²) in [7, 11) is 0. The summed E-state index contributed by atoms with van der Waals surface area (Å²) < 4.78 is 0. The highest BCUT2D eigenvalue weighted by Crippen LogP contribution is 2.17. The van der Waals surface area contributed by atoms with Crippen molar-refractivity contribution in [2.45, 2.75) is 0 Å². The highest BCUT2D eigenvalue weighted by molar-refractivity contribution is 7.80. The molecule has 0 fully saturated rings. The molecule has 0 saturated heterocycles. The number of benzene rings is 2. The van der Waals surface area contributed by atoms with Crippen LogP contribution in [0.4, 0.5) is 11.4 Å². The van der Waals surface area contributed by atoms with Gasteiger partial charge in [0.25, 0.3) is 11.6 Å². The van der Waals surface area contributed by atoms with Gasteiger partial charge in [0.1, 0.15) is 5.56 Å². The van der Waals surface area contributed by atoms with Gasteiger partial charge in [-0.25, -0.2) is 0 Å². The Hall–Kier alpha value is -2.80. The van der Waals surface area contributed by atoms with Crippen molar-refractivity contribution in [3.63, 3.8) is 0 Å². The molecule has 0 heterocycles. The molecular weight excluding hydrogens is 290 g/mol. The van der Waals surface area contributed by atoms with Crippen LogP contribution in [0.5, 0.6) is 0 Å². The summed E-state index contributed by atoms with van der Waals surface area (Å²) >= 11 is 5.01. The van der Waals surface area contributed by atoms with Gasteiger partial charge in [-0.1, -0.05) is 30.3 Å². The number of anilines is 1. The number of thiocarbonyl (C=S) groups is 1. The fraction of sp³-hybridized carbons (Fsp3) is 0. The van der Waals surface area contributed by atoms with E-state index in [0.29, 0.717) is 5.69 Å². The summed E-state index contributed by atoms with van der Waals surface area (Å²) in [4.78, 5) is 22.3. The van der Waals surface area contributed by atoms with Crippen molar-refractivity contribution in [3.05, 3.63) is 70.3 Å². The molecule has 0 aliphatic carbocycles. The molecule has 7 heteroatoms. The van der Waals surface area contributed by atoms with E-state index in [1.165, 1.54) is 18.2 Å². The third-order valence-corrected chi connectivity index (χ3v) is 2.81. The van der Waals surface area contributed by atoms with Gasteiger partial charge in [0.05, 0.1) is 4.92 Å². The molecular formula is C14H11N3O3S. The lowest BCUT2D eigenvalue weighted by Gasteiger charge is -2.09. The Morgan fingerprint density at radius 3 is 2.33 bits per heavy atom. The fourth-order valence-electron chi connectivity index (χ4n) is 1.68. The molecule has 0 aliphatic heterocycles. The van der Waals surface area contributed by atoms with Crippen molar-refractivity contribution in [2.24, 2.45) is 0 Å². The zero-order valence-electron chi connectivity index (χ0n) is 10.8. The number of para-hydroxylation sites is 2. The molecule has 106 valence electrons. The number of nitrogens with one attached hydrogen (secondary N) is 2. The zero-order chi connectivity index (χ0) is 15.2. The maximum absolute atomic E-state index is 12.0. The maximum Gasteiger partial charge on any atom is 0.282 e. The molecule has 0 aromatic heterocycles. The van der Waals surface area contributed by atoms with Crippen LogP contribution in [0.2, 0.25) is 0 Å². The Morgan fingerprint density at radius 1 is 1.05 bits per heavy atom. The second-order valence-electron chi connectivity index (χ2n) is 4.05. The molecule has 2 N–H and O–H groups in total. The first-order valence-corrected chi connectivity index (χ1v) is 6.39. The predicted octanol–water partition coefficient (Wildman–Crippen LogP) is 2.72. The molecule has 0 saturated carbocycles. The molecule has 0 spiro atoms. The number of nitrogens with zero attached hydrogens (tertiary/aromatic N) is 1. The molecule has 0 bridgehead atoms. The topological polar surface area (TPSA) is 84.3 Å². The summed E-state index contributed by atoms with van der Waals surface area (Å²) in [5.74, 6) is -0.629. The van der Waals surface area contributed by atoms with Gasteiger partial charge in [0, 0.05) is 11.8 Å². The number of nitro groups is 1. The van der Waals surface area contributed by atoms with Gasteiger partial charge >= 0.3 is 0 Å². The van der Waals surface area contributed by atoms with Crippen LogP contribution in [0.25, 0.3) is 0 Å². The lowest BCUT2D eigenvalue weighted by molar-refractivity contribution is -0.385. The minimum Gasteiger partial charge on any atom is -0.332 e. The van der Waals surface area contributed by atoms with Gasteiger partial charge < -0.3 is 5.32 Å². The first-order valence-electron chi connectivity index (χ1n) is 5.99. The van der Waals surface area contributed by atoms with E-state index in [4.69, 9.17) is 12.2 Å². The Kier molecular flexibility index (Phi) is 4.57. The fourth-order valence-corrected chi connectivity index (χ4v) is 1.89. The molecule has 6 nitrogen and oxygen atoms in total. The molecule has 0 radical (unpaired) electrons. The van der Waals surface area contributed by atoms with Gasteiger partial charge in [-0.05, 0) is 30.4 Å². The van der Waals surface area contributed by atoms with Crippen LogP contribution >= 0.6 is 12.2 Å². The SMILES string of the molecule is O=C(NC(=S)Nc1ccccc1)c1ccccc1[N+](=O)[O-]. The van der Waals surface area contributed by atoms with E-state index in [0.717, 1.165) is 0 Å². The van der Waals surface area contributed by atoms with Crippen molar-refractivity contribution < 1.29 is 9.72 Å². The molecule has 2 aromatic carbocycles. The summed E-state index contributed by atoms with van der Waals surface area (Å²) in [5, 5.41) is 16.2. The highest BCUT2D eigenvalue weighted by atomic mass is 32.1. The van der Waals surface area contributed by atoms with E-state index in [1.54, 1.807) is 18.2 Å². The van der Waals surface area contributed by atoms with Gasteiger partial charge in [-0.3, -0.25) is 20.2 Å². The van der Waals surface area contributed by atoms with Gasteiger partial charge in [0.2, 0.25) is 0 Å². The van der Waals surface area contributed by atoms with Crippen molar-refractivity contribution in [1.29, 1.82) is 0 Å². The Labute approximate surface area is 125 Å². The number of carbonyl (C=O) groups excluding carboxylic acids is 1. The van der Waals surface area contributed by atoms with Crippen LogP contribution in [-0.2, 0) is 0 Å². The van der Waals surface area contributed by atoms with Crippen LogP contribution in [0.3, 0.4) is 0 Å². The van der Waals surface area contributed by atoms with Crippen LogP contribution in [0.15, 0.2) is 54.6 Å². The monoisotopic (exact) mass is 301 g/mol. The number of rotatable bonds is 3. The molecule has 0 aliphatic rings. The number of hydrogen-bond acceptors (Lipinski definition) is 4. The molecule has 2 aromatic rings. The molecule has 1 amide bonds. The van der Waals surface area contributed by atoms with E-state index in [-0.39, 0.29) is 16.4 Å². The second kappa shape index (κ2) is 6.58. The summed E-state index contributed by atoms with van der Waals surface area (Å²) in [6.07, 6.45) is 0. The van der Waals surface area contributed by atoms with Crippen LogP contribution < -0.4 is 10.6 Å². The van der Waals surface area contributed by atoms with Crippen LogP contribution in [0, 0.1) is 10.1 Å². The summed E-state index contributed by atoms with van der Waals surface area (Å²) in [6, 6.07) is 14.7. The molecule has 0 atom stereocenters. The Bertz CT molecular complexity index is 689. The molecule has 21 heavy (non-hydrogen) atoms.